The number of aryl methyl sites for hydroxylation is 1. The summed E-state index contributed by atoms with van der Waals surface area (Å²) in [6.07, 6.45) is 1.77. The van der Waals surface area contributed by atoms with E-state index in [1.165, 1.54) is 0 Å². The van der Waals surface area contributed by atoms with Gasteiger partial charge in [0.2, 0.25) is 0 Å². The Labute approximate surface area is 141 Å². The zero-order valence-corrected chi connectivity index (χ0v) is 14.4. The van der Waals surface area contributed by atoms with E-state index in [1.54, 1.807) is 24.3 Å². The highest BCUT2D eigenvalue weighted by atomic mass is 32.2. The number of benzene rings is 1. The zero-order chi connectivity index (χ0) is 16.9. The summed E-state index contributed by atoms with van der Waals surface area (Å²) in [5, 5.41) is 0. The molecule has 0 amide bonds. The fourth-order valence-electron chi connectivity index (χ4n) is 4.39. The van der Waals surface area contributed by atoms with Crippen LogP contribution in [0.15, 0.2) is 29.2 Å². The Bertz CT molecular complexity index is 760. The molecule has 1 spiro atoms. The van der Waals surface area contributed by atoms with Crippen LogP contribution in [0.5, 0.6) is 0 Å². The number of hydrogen-bond donors (Lipinski definition) is 0. The van der Waals surface area contributed by atoms with E-state index >= 15 is 0 Å². The molecule has 3 atom stereocenters. The Morgan fingerprint density at radius 2 is 2.04 bits per heavy atom. The molecule has 3 fully saturated rings. The maximum Gasteiger partial charge on any atom is 0.316 e. The number of hydrogen-bond acceptors (Lipinski definition) is 6. The normalized spacial score (nSPS) is 33.1. The van der Waals surface area contributed by atoms with Gasteiger partial charge in [0.15, 0.2) is 0 Å². The first-order valence-electron chi connectivity index (χ1n) is 8.35. The number of esters is 1. The summed E-state index contributed by atoms with van der Waals surface area (Å²) < 4.78 is 36.2. The van der Waals surface area contributed by atoms with Crippen molar-refractivity contribution in [1.29, 1.82) is 0 Å². The van der Waals surface area contributed by atoms with E-state index in [1.807, 2.05) is 6.92 Å². The molecule has 0 radical (unpaired) electrons. The Kier molecular flexibility index (Phi) is 3.71. The summed E-state index contributed by atoms with van der Waals surface area (Å²) >= 11 is 0. The van der Waals surface area contributed by atoms with E-state index in [-0.39, 0.29) is 16.9 Å². The van der Waals surface area contributed by atoms with Gasteiger partial charge in [0, 0.05) is 19.0 Å². The Morgan fingerprint density at radius 1 is 1.29 bits per heavy atom. The third-order valence-electron chi connectivity index (χ3n) is 5.61. The number of fused-ring (bicyclic) bond motifs is 2. The van der Waals surface area contributed by atoms with Crippen molar-refractivity contribution < 1.29 is 22.1 Å². The molecule has 0 saturated carbocycles. The van der Waals surface area contributed by atoms with Gasteiger partial charge in [-0.25, -0.2) is 0 Å². The molecule has 3 aliphatic heterocycles. The summed E-state index contributed by atoms with van der Waals surface area (Å²) in [5.74, 6) is -0.305. The molecule has 24 heavy (non-hydrogen) atoms. The van der Waals surface area contributed by atoms with Gasteiger partial charge in [-0.2, -0.15) is 8.42 Å². The maximum atomic E-state index is 12.7. The first-order valence-corrected chi connectivity index (χ1v) is 9.75. The third kappa shape index (κ3) is 2.29. The van der Waals surface area contributed by atoms with Gasteiger partial charge in [0.05, 0.1) is 11.5 Å². The lowest BCUT2D eigenvalue weighted by Gasteiger charge is -2.30. The first-order chi connectivity index (χ1) is 11.4. The molecule has 3 saturated heterocycles. The molecule has 1 aromatic carbocycles. The molecule has 0 aliphatic carbocycles. The smallest absolute Gasteiger partial charge is 0.316 e. The summed E-state index contributed by atoms with van der Waals surface area (Å²) in [6, 6.07) is 6.59. The number of ether oxygens (including phenoxy) is 1. The largest absolute Gasteiger partial charge is 0.465 e. The van der Waals surface area contributed by atoms with Crippen LogP contribution in [-0.2, 0) is 23.8 Å². The monoisotopic (exact) mass is 351 g/mol. The first kappa shape index (κ1) is 16.1. The van der Waals surface area contributed by atoms with E-state index in [0.717, 1.165) is 24.9 Å². The Morgan fingerprint density at radius 3 is 2.71 bits per heavy atom. The minimum absolute atomic E-state index is 0.0331. The highest BCUT2D eigenvalue weighted by Gasteiger charge is 2.64. The van der Waals surface area contributed by atoms with Crippen LogP contribution in [0.3, 0.4) is 0 Å². The lowest BCUT2D eigenvalue weighted by molar-refractivity contribution is -0.150. The summed E-state index contributed by atoms with van der Waals surface area (Å²) in [4.78, 5) is 14.8. The number of cyclic esters (lactones) is 1. The Hall–Kier alpha value is -1.44. The SMILES string of the molecule is Cc1ccc(S(=O)(=O)O[C@H]2CN3CCC[C@@H]3[C@@]23CCOC3=O)cc1. The molecule has 0 bridgehead atoms. The van der Waals surface area contributed by atoms with Crippen LogP contribution in [0.25, 0.3) is 0 Å². The van der Waals surface area contributed by atoms with Crippen molar-refractivity contribution in [1.82, 2.24) is 4.90 Å². The third-order valence-corrected chi connectivity index (χ3v) is 6.95. The minimum atomic E-state index is -3.91. The zero-order valence-electron chi connectivity index (χ0n) is 13.6. The second kappa shape index (κ2) is 5.54. The van der Waals surface area contributed by atoms with Gasteiger partial charge >= 0.3 is 5.97 Å². The van der Waals surface area contributed by atoms with Crippen LogP contribution in [0.2, 0.25) is 0 Å². The van der Waals surface area contributed by atoms with Crippen molar-refractivity contribution in [2.75, 3.05) is 19.7 Å². The van der Waals surface area contributed by atoms with Gasteiger partial charge in [-0.15, -0.1) is 0 Å². The van der Waals surface area contributed by atoms with Gasteiger partial charge in [-0.3, -0.25) is 13.9 Å². The molecule has 0 unspecified atom stereocenters. The van der Waals surface area contributed by atoms with Crippen LogP contribution >= 0.6 is 0 Å². The fraction of sp³-hybridized carbons (Fsp3) is 0.588. The molecule has 7 heteroatoms. The Balaban J connectivity index is 1.66. The van der Waals surface area contributed by atoms with E-state index in [9.17, 15) is 13.2 Å². The molecule has 130 valence electrons. The standard InChI is InChI=1S/C17H21NO5S/c1-12-4-6-13(7-5-12)24(20,21)23-15-11-18-9-2-3-14(18)17(15)8-10-22-16(17)19/h4-7,14-15H,2-3,8-11H2,1H3/t14-,15+,17+/m1/s1. The van der Waals surface area contributed by atoms with Crippen molar-refractivity contribution in [2.24, 2.45) is 5.41 Å². The van der Waals surface area contributed by atoms with Crippen molar-refractivity contribution in [3.8, 4) is 0 Å². The van der Waals surface area contributed by atoms with E-state index < -0.39 is 21.6 Å². The summed E-state index contributed by atoms with van der Waals surface area (Å²) in [5.41, 5.74) is 0.139. The molecule has 3 aliphatic rings. The second-order valence-electron chi connectivity index (χ2n) is 6.93. The van der Waals surface area contributed by atoms with Crippen molar-refractivity contribution in [2.45, 2.75) is 43.2 Å². The van der Waals surface area contributed by atoms with Gasteiger partial charge in [0.25, 0.3) is 10.1 Å². The molecule has 6 nitrogen and oxygen atoms in total. The fourth-order valence-corrected chi connectivity index (χ4v) is 5.51. The maximum absolute atomic E-state index is 12.7. The van der Waals surface area contributed by atoms with Crippen LogP contribution in [0, 0.1) is 12.3 Å². The van der Waals surface area contributed by atoms with E-state index in [2.05, 4.69) is 4.90 Å². The number of carbonyl (C=O) groups excluding carboxylic acids is 1. The lowest BCUT2D eigenvalue weighted by Crippen LogP contribution is -2.46. The van der Waals surface area contributed by atoms with Gasteiger partial charge in [-0.1, -0.05) is 17.7 Å². The van der Waals surface area contributed by atoms with Gasteiger partial charge < -0.3 is 4.74 Å². The molecule has 4 rings (SSSR count). The van der Waals surface area contributed by atoms with Crippen molar-refractivity contribution in [3.05, 3.63) is 29.8 Å². The number of rotatable bonds is 3. The highest BCUT2D eigenvalue weighted by Crippen LogP contribution is 2.50. The molecular weight excluding hydrogens is 330 g/mol. The summed E-state index contributed by atoms with van der Waals surface area (Å²) in [6.45, 7) is 3.58. The van der Waals surface area contributed by atoms with Crippen LogP contribution in [0.4, 0.5) is 0 Å². The van der Waals surface area contributed by atoms with E-state index in [4.69, 9.17) is 8.92 Å². The molecule has 0 N–H and O–H groups in total. The van der Waals surface area contributed by atoms with Crippen LogP contribution in [0.1, 0.15) is 24.8 Å². The number of nitrogens with zero attached hydrogens (tertiary/aromatic N) is 1. The van der Waals surface area contributed by atoms with Crippen molar-refractivity contribution >= 4 is 16.1 Å². The van der Waals surface area contributed by atoms with Crippen LogP contribution < -0.4 is 0 Å². The second-order valence-corrected chi connectivity index (χ2v) is 8.50. The molecule has 1 aromatic rings. The van der Waals surface area contributed by atoms with Gasteiger partial charge in [0.1, 0.15) is 11.5 Å². The van der Waals surface area contributed by atoms with Crippen molar-refractivity contribution in [3.63, 3.8) is 0 Å². The molecule has 0 aromatic heterocycles. The average molecular weight is 351 g/mol. The average Bonchev–Trinajstić information content (AvgIpc) is 3.19. The quantitative estimate of drug-likeness (QED) is 0.607. The molecular formula is C17H21NO5S. The van der Waals surface area contributed by atoms with Gasteiger partial charge in [-0.05, 0) is 38.4 Å². The summed E-state index contributed by atoms with van der Waals surface area (Å²) in [7, 11) is -3.91. The molecule has 3 heterocycles. The minimum Gasteiger partial charge on any atom is -0.465 e. The predicted molar refractivity (Wildman–Crippen MR) is 85.8 cm³/mol. The highest BCUT2D eigenvalue weighted by molar-refractivity contribution is 7.86. The topological polar surface area (TPSA) is 72.9 Å². The van der Waals surface area contributed by atoms with Crippen LogP contribution in [-0.4, -0.2) is 51.1 Å². The van der Waals surface area contributed by atoms with E-state index in [0.29, 0.717) is 19.6 Å². The lowest BCUT2D eigenvalue weighted by atomic mass is 9.76. The predicted octanol–water partition coefficient (Wildman–Crippen LogP) is 1.48. The number of carbonyl (C=O) groups is 1.